The number of hydrogen-bond donors (Lipinski definition) is 1. The van der Waals surface area contributed by atoms with Gasteiger partial charge in [0.2, 0.25) is 0 Å². The molecule has 1 rings (SSSR count). The molecule has 37 heavy (non-hydrogen) atoms. The van der Waals surface area contributed by atoms with Gasteiger partial charge in [0, 0.05) is 19.5 Å². The minimum absolute atomic E-state index is 0.320. The van der Waals surface area contributed by atoms with Crippen molar-refractivity contribution < 1.29 is 80.7 Å². The van der Waals surface area contributed by atoms with Gasteiger partial charge in [-0.05, 0) is 12.8 Å². The number of hydrogen-bond acceptors (Lipinski definition) is 7. The molecule has 20 heteroatoms. The molecule has 0 aromatic rings. The molecule has 1 amide bonds. The fraction of sp³-hybridized carbons (Fsp3) is 0.765. The molecule has 0 bridgehead atoms. The molecule has 0 spiro atoms. The maximum atomic E-state index is 14.0. The number of carbonyl (C=O) groups is 2. The lowest BCUT2D eigenvalue weighted by Crippen LogP contribution is -2.63. The van der Waals surface area contributed by atoms with Crippen LogP contribution in [0.25, 0.3) is 0 Å². The van der Waals surface area contributed by atoms with Crippen molar-refractivity contribution in [3.8, 4) is 0 Å². The molecule has 1 aliphatic heterocycles. The van der Waals surface area contributed by atoms with Crippen molar-refractivity contribution in [3.05, 3.63) is 12.2 Å². The molecule has 216 valence electrons. The van der Waals surface area contributed by atoms with E-state index in [1.165, 1.54) is 0 Å². The predicted molar refractivity (Wildman–Crippen MR) is 98.7 cm³/mol. The monoisotopic (exact) mass is 587 g/mol. The van der Waals surface area contributed by atoms with Crippen molar-refractivity contribution in [3.63, 3.8) is 0 Å². The second kappa shape index (κ2) is 11.3. The van der Waals surface area contributed by atoms with E-state index in [-0.39, 0.29) is 13.2 Å². The van der Waals surface area contributed by atoms with E-state index in [4.69, 9.17) is 9.29 Å². The summed E-state index contributed by atoms with van der Waals surface area (Å²) in [5.74, 6) is -15.1. The summed E-state index contributed by atoms with van der Waals surface area (Å²) >= 11 is 0. The van der Waals surface area contributed by atoms with E-state index in [9.17, 15) is 61.9 Å². The van der Waals surface area contributed by atoms with Crippen LogP contribution in [0.4, 0.5) is 43.9 Å². The smallest absolute Gasteiger partial charge is 0.412 e. The molecule has 0 aliphatic carbocycles. The lowest BCUT2D eigenvalue weighted by molar-refractivity contribution is -0.351. The second-order valence-corrected chi connectivity index (χ2v) is 8.85. The number of halogens is 10. The van der Waals surface area contributed by atoms with Crippen LogP contribution in [0.5, 0.6) is 0 Å². The molecule has 1 heterocycles. The number of amides is 1. The van der Waals surface area contributed by atoms with E-state index in [1.807, 2.05) is 0 Å². The molecule has 0 aromatic heterocycles. The topological polar surface area (TPSA) is 119 Å². The van der Waals surface area contributed by atoms with Crippen molar-refractivity contribution >= 4 is 22.0 Å². The standard InChI is InChI=1S/C17H19F10NO8S/c1-10(15(20,21)22)11(29)36-14(16(23,24)25,12(30)28-5-8-34-9-6-28)35-7-3-2-4-13(18,19)17(26,27)37(31,32)33/h1-9H2,(H,31,32,33). The van der Waals surface area contributed by atoms with E-state index in [1.54, 1.807) is 0 Å². The third-order valence-electron chi connectivity index (χ3n) is 4.72. The van der Waals surface area contributed by atoms with Gasteiger partial charge in [-0.3, -0.25) is 9.35 Å². The number of unbranched alkanes of at least 4 members (excludes halogenated alkanes) is 1. The summed E-state index contributed by atoms with van der Waals surface area (Å²) in [6.07, 6.45) is -15.9. The summed E-state index contributed by atoms with van der Waals surface area (Å²) in [7, 11) is -6.58. The number of esters is 1. The number of carbonyl (C=O) groups excluding carboxylic acids is 2. The van der Waals surface area contributed by atoms with E-state index in [0.717, 1.165) is 0 Å². The van der Waals surface area contributed by atoms with Gasteiger partial charge in [-0.2, -0.15) is 52.3 Å². The van der Waals surface area contributed by atoms with Crippen LogP contribution in [0.2, 0.25) is 0 Å². The van der Waals surface area contributed by atoms with Crippen LogP contribution in [0.15, 0.2) is 12.2 Å². The summed E-state index contributed by atoms with van der Waals surface area (Å²) in [5, 5.41) is -5.96. The third-order valence-corrected chi connectivity index (χ3v) is 5.66. The fourth-order valence-corrected chi connectivity index (χ4v) is 3.16. The lowest BCUT2D eigenvalue weighted by atomic mass is 10.1. The average Bonchev–Trinajstić information content (AvgIpc) is 2.75. The molecular weight excluding hydrogens is 568 g/mol. The summed E-state index contributed by atoms with van der Waals surface area (Å²) < 4.78 is 176. The largest absolute Gasteiger partial charge is 0.466 e. The van der Waals surface area contributed by atoms with Gasteiger partial charge in [-0.15, -0.1) is 0 Å². The average molecular weight is 587 g/mol. The summed E-state index contributed by atoms with van der Waals surface area (Å²) in [6, 6.07) is 0. The van der Waals surface area contributed by atoms with Gasteiger partial charge >= 0.3 is 51.3 Å². The molecule has 0 saturated carbocycles. The zero-order valence-electron chi connectivity index (χ0n) is 18.3. The molecule has 1 aliphatic rings. The normalized spacial score (nSPS) is 17.8. The number of ether oxygens (including phenoxy) is 3. The molecule has 1 unspecified atom stereocenters. The van der Waals surface area contributed by atoms with Crippen molar-refractivity contribution in [2.24, 2.45) is 0 Å². The number of alkyl halides is 10. The van der Waals surface area contributed by atoms with Crippen molar-refractivity contribution in [1.82, 2.24) is 4.90 Å². The van der Waals surface area contributed by atoms with Crippen molar-refractivity contribution in [2.45, 2.75) is 48.6 Å². The van der Waals surface area contributed by atoms with Gasteiger partial charge in [-0.25, -0.2) is 4.79 Å². The van der Waals surface area contributed by atoms with Gasteiger partial charge < -0.3 is 19.1 Å². The molecule has 0 radical (unpaired) electrons. The third kappa shape index (κ3) is 7.44. The first-order valence-corrected chi connectivity index (χ1v) is 11.2. The summed E-state index contributed by atoms with van der Waals surface area (Å²) in [6.45, 7) is -0.958. The van der Waals surface area contributed by atoms with Crippen molar-refractivity contribution in [1.29, 1.82) is 0 Å². The maximum absolute atomic E-state index is 14.0. The van der Waals surface area contributed by atoms with E-state index < -0.39 is 95.8 Å². The van der Waals surface area contributed by atoms with Gasteiger partial charge in [0.25, 0.3) is 0 Å². The summed E-state index contributed by atoms with van der Waals surface area (Å²) in [5.41, 5.74) is -2.45. The van der Waals surface area contributed by atoms with Gasteiger partial charge in [0.1, 0.15) is 5.57 Å². The number of rotatable bonds is 11. The van der Waals surface area contributed by atoms with E-state index >= 15 is 0 Å². The minimum Gasteiger partial charge on any atom is -0.412 e. The van der Waals surface area contributed by atoms with Gasteiger partial charge in [0.15, 0.2) is 0 Å². The van der Waals surface area contributed by atoms with Gasteiger partial charge in [0.05, 0.1) is 19.8 Å². The van der Waals surface area contributed by atoms with E-state index in [2.05, 4.69) is 16.1 Å². The Morgan fingerprint density at radius 3 is 1.89 bits per heavy atom. The highest BCUT2D eigenvalue weighted by Gasteiger charge is 2.68. The molecule has 1 fully saturated rings. The maximum Gasteiger partial charge on any atom is 0.466 e. The minimum atomic E-state index is -6.58. The molecular formula is C17H19F10NO8S. The Bertz CT molecular complexity index is 960. The Hall–Kier alpha value is -2.19. The van der Waals surface area contributed by atoms with Crippen LogP contribution < -0.4 is 0 Å². The number of morpholine rings is 1. The molecule has 1 N–H and O–H groups in total. The first kappa shape index (κ1) is 32.8. The van der Waals surface area contributed by atoms with Crippen LogP contribution >= 0.6 is 0 Å². The zero-order valence-corrected chi connectivity index (χ0v) is 19.1. The zero-order chi connectivity index (χ0) is 29.1. The first-order valence-electron chi connectivity index (χ1n) is 9.81. The Morgan fingerprint density at radius 2 is 1.46 bits per heavy atom. The molecule has 0 aromatic carbocycles. The van der Waals surface area contributed by atoms with E-state index in [0.29, 0.717) is 4.90 Å². The highest BCUT2D eigenvalue weighted by molar-refractivity contribution is 7.87. The van der Waals surface area contributed by atoms with Crippen LogP contribution in [0.1, 0.15) is 19.3 Å². The van der Waals surface area contributed by atoms with Crippen LogP contribution in [-0.2, 0) is 33.9 Å². The molecule has 1 saturated heterocycles. The molecule has 1 atom stereocenters. The second-order valence-electron chi connectivity index (χ2n) is 7.39. The number of nitrogens with zero attached hydrogens (tertiary/aromatic N) is 1. The molecule has 9 nitrogen and oxygen atoms in total. The highest BCUT2D eigenvalue weighted by atomic mass is 32.2. The Morgan fingerprint density at radius 1 is 0.946 bits per heavy atom. The predicted octanol–water partition coefficient (Wildman–Crippen LogP) is 3.07. The Labute approximate surface area is 202 Å². The quantitative estimate of drug-likeness (QED) is 0.0979. The van der Waals surface area contributed by atoms with Crippen LogP contribution in [0.3, 0.4) is 0 Å². The summed E-state index contributed by atoms with van der Waals surface area (Å²) in [4.78, 5) is 24.8. The first-order chi connectivity index (χ1) is 16.5. The lowest BCUT2D eigenvalue weighted by Gasteiger charge is -2.38. The van der Waals surface area contributed by atoms with Crippen LogP contribution in [-0.4, -0.2) is 92.0 Å². The highest BCUT2D eigenvalue weighted by Crippen LogP contribution is 2.42. The Kier molecular flexibility index (Phi) is 10.0. The van der Waals surface area contributed by atoms with Crippen LogP contribution in [0, 0.1) is 0 Å². The Balaban J connectivity index is 3.17. The SMILES string of the molecule is C=C(C(=O)OC(OCCCCC(F)(F)C(F)(F)S(=O)(=O)O)(C(=O)N1CCOCC1)C(F)(F)F)C(F)(F)F. The van der Waals surface area contributed by atoms with Gasteiger partial charge in [-0.1, -0.05) is 6.58 Å². The van der Waals surface area contributed by atoms with Crippen molar-refractivity contribution in [2.75, 3.05) is 32.9 Å². The fourth-order valence-electron chi connectivity index (χ4n) is 2.68.